The van der Waals surface area contributed by atoms with Gasteiger partial charge >= 0.3 is 42.1 Å². The van der Waals surface area contributed by atoms with Crippen molar-refractivity contribution in [1.29, 1.82) is 0 Å². The van der Waals surface area contributed by atoms with E-state index in [2.05, 4.69) is 0 Å². The standard InChI is InChI=1S/10ClH.Mo.Pt/h10*1H;;/q;;;;;;;;;;+6;+4/p-10. The molecule has 86 valence electrons. The van der Waals surface area contributed by atoms with Crippen molar-refractivity contribution in [3.63, 3.8) is 0 Å². The van der Waals surface area contributed by atoms with Gasteiger partial charge in [-0.3, -0.25) is 0 Å². The van der Waals surface area contributed by atoms with Crippen LogP contribution in [0.4, 0.5) is 0 Å². The van der Waals surface area contributed by atoms with Gasteiger partial charge < -0.3 is 124 Å². The quantitative estimate of drug-likeness (QED) is 0.230. The average molecular weight is 646 g/mol. The van der Waals surface area contributed by atoms with Crippen molar-refractivity contribution in [2.24, 2.45) is 0 Å². The molecule has 12 heteroatoms. The van der Waals surface area contributed by atoms with E-state index in [-0.39, 0.29) is 166 Å². The van der Waals surface area contributed by atoms with Gasteiger partial charge in [-0.15, -0.1) is 0 Å². The molecule has 0 N–H and O–H groups in total. The minimum Gasteiger partial charge on any atom is -1.00 e. The molecule has 0 aliphatic rings. The van der Waals surface area contributed by atoms with Crippen LogP contribution in [0, 0.1) is 0 Å². The normalized spacial score (nSPS) is 0. The molecular formula is Cl10MoPt. The summed E-state index contributed by atoms with van der Waals surface area (Å²) in [6.45, 7) is 0. The van der Waals surface area contributed by atoms with Crippen LogP contribution < -0.4 is 124 Å². The second kappa shape index (κ2) is 170. The smallest absolute Gasteiger partial charge is 1.00 e. The van der Waals surface area contributed by atoms with E-state index in [0.717, 1.165) is 0 Å². The largest absolute Gasteiger partial charge is 6.00 e. The van der Waals surface area contributed by atoms with Gasteiger partial charge in [-0.05, 0) is 0 Å². The summed E-state index contributed by atoms with van der Waals surface area (Å²) in [7, 11) is 0. The van der Waals surface area contributed by atoms with Crippen LogP contribution in [0.2, 0.25) is 0 Å². The summed E-state index contributed by atoms with van der Waals surface area (Å²) >= 11 is 0. The zero-order valence-corrected chi connectivity index (χ0v) is 16.3. The van der Waals surface area contributed by atoms with E-state index in [1.165, 1.54) is 0 Å². The molecule has 0 nitrogen and oxygen atoms in total. The van der Waals surface area contributed by atoms with E-state index in [1.54, 1.807) is 0 Å². The Bertz CT molecular complexity index is 9.80. The van der Waals surface area contributed by atoms with Crippen LogP contribution in [0.15, 0.2) is 0 Å². The maximum absolute atomic E-state index is 0. The molecule has 0 aromatic carbocycles. The third kappa shape index (κ3) is 138. The van der Waals surface area contributed by atoms with Gasteiger partial charge in [-0.2, -0.15) is 0 Å². The monoisotopic (exact) mass is 643 g/mol. The number of hydrogen-bond acceptors (Lipinski definition) is 0. The summed E-state index contributed by atoms with van der Waals surface area (Å²) in [6.07, 6.45) is 0. The molecule has 0 saturated heterocycles. The fourth-order valence-electron chi connectivity index (χ4n) is 0. The van der Waals surface area contributed by atoms with Crippen molar-refractivity contribution < 1.29 is 166 Å². The predicted octanol–water partition coefficient (Wildman–Crippen LogP) is -30.0. The zero-order chi connectivity index (χ0) is 0. The molecule has 0 heterocycles. The molecular weight excluding hydrogens is 646 g/mol. The number of hydrogen-bond donors (Lipinski definition) is 0. The first-order chi connectivity index (χ1) is 0. The molecule has 0 bridgehead atoms. The Morgan fingerprint density at radius 2 is 0.250 bits per heavy atom. The molecule has 0 amide bonds. The van der Waals surface area contributed by atoms with Gasteiger partial charge in [0, 0.05) is 0 Å². The fourth-order valence-corrected chi connectivity index (χ4v) is 0. The minimum atomic E-state index is 0. The minimum absolute atomic E-state index is 0. The van der Waals surface area contributed by atoms with Gasteiger partial charge in [0.2, 0.25) is 0 Å². The molecule has 0 unspecified atom stereocenters. The van der Waals surface area contributed by atoms with Crippen LogP contribution in [0.25, 0.3) is 0 Å². The van der Waals surface area contributed by atoms with Crippen LogP contribution in [0.3, 0.4) is 0 Å². The summed E-state index contributed by atoms with van der Waals surface area (Å²) in [5.41, 5.74) is 0. The van der Waals surface area contributed by atoms with E-state index in [9.17, 15) is 0 Å². The maximum atomic E-state index is 0. The Hall–Kier alpha value is 4.28. The molecule has 0 atom stereocenters. The predicted molar refractivity (Wildman–Crippen MR) is 0 cm³/mol. The van der Waals surface area contributed by atoms with Crippen LogP contribution in [-0.4, -0.2) is 0 Å². The second-order valence-corrected chi connectivity index (χ2v) is 0. The van der Waals surface area contributed by atoms with Crippen LogP contribution >= 0.6 is 0 Å². The Kier molecular flexibility index (Phi) is 2950. The van der Waals surface area contributed by atoms with Crippen molar-refractivity contribution in [3.05, 3.63) is 0 Å². The molecule has 0 aliphatic heterocycles. The van der Waals surface area contributed by atoms with Crippen molar-refractivity contribution in [3.8, 4) is 0 Å². The molecule has 0 saturated carbocycles. The Balaban J connectivity index is 0. The van der Waals surface area contributed by atoms with E-state index in [4.69, 9.17) is 0 Å². The third-order valence-electron chi connectivity index (χ3n) is 0. The Labute approximate surface area is 164 Å². The number of rotatable bonds is 0. The van der Waals surface area contributed by atoms with Crippen molar-refractivity contribution in [2.75, 3.05) is 0 Å². The van der Waals surface area contributed by atoms with Gasteiger partial charge in [0.15, 0.2) is 0 Å². The van der Waals surface area contributed by atoms with Crippen LogP contribution in [0.5, 0.6) is 0 Å². The Morgan fingerprint density at radius 3 is 0.250 bits per heavy atom. The Morgan fingerprint density at radius 1 is 0.250 bits per heavy atom. The molecule has 0 rings (SSSR count). The molecule has 0 spiro atoms. The topological polar surface area (TPSA) is 0 Å². The van der Waals surface area contributed by atoms with Gasteiger partial charge in [0.1, 0.15) is 0 Å². The second-order valence-electron chi connectivity index (χ2n) is 0. The molecule has 0 aromatic heterocycles. The molecule has 0 aromatic rings. The molecule has 0 radical (unpaired) electrons. The SMILES string of the molecule is [Cl-].[Cl-].[Cl-].[Cl-].[Cl-].[Cl-].[Cl-].[Cl-].[Cl-].[Cl-].[Mo+6].[Pt+4]. The van der Waals surface area contributed by atoms with Crippen molar-refractivity contribution in [2.45, 2.75) is 0 Å². The summed E-state index contributed by atoms with van der Waals surface area (Å²) in [5, 5.41) is 0. The van der Waals surface area contributed by atoms with Crippen LogP contribution in [0.1, 0.15) is 0 Å². The average Bonchev–Trinajstić information content (AvgIpc) is 0. The fraction of sp³-hybridized carbons (Fsp3) is 0. The van der Waals surface area contributed by atoms with Gasteiger partial charge in [0.25, 0.3) is 0 Å². The first-order valence-corrected chi connectivity index (χ1v) is 0. The summed E-state index contributed by atoms with van der Waals surface area (Å²) in [6, 6.07) is 0. The first-order valence-electron chi connectivity index (χ1n) is 0. The maximum Gasteiger partial charge on any atom is 6.00 e. The van der Waals surface area contributed by atoms with Gasteiger partial charge in [-0.25, -0.2) is 0 Å². The first kappa shape index (κ1) is 208. The zero-order valence-electron chi connectivity index (χ0n) is 4.50. The van der Waals surface area contributed by atoms with Crippen molar-refractivity contribution in [1.82, 2.24) is 0 Å². The number of halogens is 10. The molecule has 0 aliphatic carbocycles. The van der Waals surface area contributed by atoms with E-state index >= 15 is 0 Å². The van der Waals surface area contributed by atoms with E-state index in [1.807, 2.05) is 0 Å². The van der Waals surface area contributed by atoms with E-state index in [0.29, 0.717) is 0 Å². The van der Waals surface area contributed by atoms with Gasteiger partial charge in [-0.1, -0.05) is 0 Å². The molecule has 0 fully saturated rings. The van der Waals surface area contributed by atoms with Gasteiger partial charge in [0.05, 0.1) is 0 Å². The van der Waals surface area contributed by atoms with Crippen molar-refractivity contribution >= 4 is 0 Å². The van der Waals surface area contributed by atoms with Crippen LogP contribution in [-0.2, 0) is 42.1 Å². The molecule has 12 heavy (non-hydrogen) atoms. The third-order valence-corrected chi connectivity index (χ3v) is 0. The summed E-state index contributed by atoms with van der Waals surface area (Å²) < 4.78 is 0. The van der Waals surface area contributed by atoms with E-state index < -0.39 is 0 Å². The summed E-state index contributed by atoms with van der Waals surface area (Å²) in [5.74, 6) is 0. The summed E-state index contributed by atoms with van der Waals surface area (Å²) in [4.78, 5) is 0.